The SMILES string of the molecule is O=C(O)CCC(=O)OC(c1ccccc1)(c1ccccc1)c1ccccc1. The van der Waals surface area contributed by atoms with Crippen molar-refractivity contribution in [1.29, 1.82) is 0 Å². The van der Waals surface area contributed by atoms with Crippen LogP contribution in [-0.2, 0) is 19.9 Å². The largest absolute Gasteiger partial charge is 0.481 e. The van der Waals surface area contributed by atoms with Crippen molar-refractivity contribution >= 4 is 11.9 Å². The number of carboxylic acids is 1. The molecule has 0 aromatic heterocycles. The minimum atomic E-state index is -1.15. The lowest BCUT2D eigenvalue weighted by molar-refractivity contribution is -0.155. The molecule has 0 radical (unpaired) electrons. The van der Waals surface area contributed by atoms with Crippen molar-refractivity contribution in [3.63, 3.8) is 0 Å². The normalized spacial score (nSPS) is 11.0. The van der Waals surface area contributed by atoms with Crippen LogP contribution in [0.1, 0.15) is 29.5 Å². The van der Waals surface area contributed by atoms with E-state index < -0.39 is 17.5 Å². The van der Waals surface area contributed by atoms with Crippen LogP contribution in [0.25, 0.3) is 0 Å². The average Bonchev–Trinajstić information content (AvgIpc) is 2.72. The first-order valence-electron chi connectivity index (χ1n) is 8.73. The molecule has 0 aliphatic carbocycles. The minimum Gasteiger partial charge on any atom is -0.481 e. The van der Waals surface area contributed by atoms with Crippen LogP contribution in [0.5, 0.6) is 0 Å². The van der Waals surface area contributed by atoms with Gasteiger partial charge in [-0.15, -0.1) is 0 Å². The van der Waals surface area contributed by atoms with Gasteiger partial charge in [0.05, 0.1) is 12.8 Å². The number of hydrogen-bond acceptors (Lipinski definition) is 3. The highest BCUT2D eigenvalue weighted by Gasteiger charge is 2.40. The molecule has 27 heavy (non-hydrogen) atoms. The number of esters is 1. The summed E-state index contributed by atoms with van der Waals surface area (Å²) >= 11 is 0. The van der Waals surface area contributed by atoms with Crippen LogP contribution in [0.4, 0.5) is 0 Å². The van der Waals surface area contributed by atoms with Crippen LogP contribution in [0.2, 0.25) is 0 Å². The first-order valence-corrected chi connectivity index (χ1v) is 8.73. The average molecular weight is 360 g/mol. The predicted octanol–water partition coefficient (Wildman–Crippen LogP) is 4.39. The third kappa shape index (κ3) is 4.06. The van der Waals surface area contributed by atoms with E-state index in [4.69, 9.17) is 9.84 Å². The Labute approximate surface area is 158 Å². The molecule has 0 bridgehead atoms. The second-order valence-electron chi connectivity index (χ2n) is 6.15. The fraction of sp³-hybridized carbons (Fsp3) is 0.130. The maximum absolute atomic E-state index is 12.6. The molecule has 136 valence electrons. The molecular weight excluding hydrogens is 340 g/mol. The number of carbonyl (C=O) groups excluding carboxylic acids is 1. The summed E-state index contributed by atoms with van der Waals surface area (Å²) in [4.78, 5) is 23.5. The molecule has 0 saturated carbocycles. The van der Waals surface area contributed by atoms with Crippen molar-refractivity contribution in [3.8, 4) is 0 Å². The van der Waals surface area contributed by atoms with Gasteiger partial charge in [0.2, 0.25) is 0 Å². The van der Waals surface area contributed by atoms with Crippen molar-refractivity contribution in [2.24, 2.45) is 0 Å². The number of benzene rings is 3. The fourth-order valence-corrected chi connectivity index (χ4v) is 3.13. The van der Waals surface area contributed by atoms with Crippen LogP contribution in [0, 0.1) is 0 Å². The number of ether oxygens (including phenoxy) is 1. The van der Waals surface area contributed by atoms with Gasteiger partial charge in [0, 0.05) is 16.7 Å². The summed E-state index contributed by atoms with van der Waals surface area (Å²) in [6, 6.07) is 28.5. The van der Waals surface area contributed by atoms with E-state index in [2.05, 4.69) is 0 Å². The molecule has 0 aliphatic rings. The van der Waals surface area contributed by atoms with Crippen molar-refractivity contribution in [1.82, 2.24) is 0 Å². The van der Waals surface area contributed by atoms with Crippen LogP contribution in [0.15, 0.2) is 91.0 Å². The summed E-state index contributed by atoms with van der Waals surface area (Å²) in [6.45, 7) is 0. The summed E-state index contributed by atoms with van der Waals surface area (Å²) in [6.07, 6.45) is -0.461. The van der Waals surface area contributed by atoms with Gasteiger partial charge in [0.1, 0.15) is 0 Å². The van der Waals surface area contributed by atoms with E-state index in [9.17, 15) is 9.59 Å². The van der Waals surface area contributed by atoms with Crippen molar-refractivity contribution < 1.29 is 19.4 Å². The number of carbonyl (C=O) groups is 2. The Bertz CT molecular complexity index is 793. The number of rotatable bonds is 7. The molecule has 0 fully saturated rings. The maximum atomic E-state index is 12.6. The summed E-state index contributed by atoms with van der Waals surface area (Å²) < 4.78 is 6.04. The molecule has 3 aromatic rings. The lowest BCUT2D eigenvalue weighted by atomic mass is 9.80. The summed E-state index contributed by atoms with van der Waals surface area (Å²) in [5.41, 5.74) is 1.24. The Morgan fingerprint density at radius 3 is 1.37 bits per heavy atom. The lowest BCUT2D eigenvalue weighted by Gasteiger charge is -2.35. The topological polar surface area (TPSA) is 63.6 Å². The van der Waals surface area contributed by atoms with E-state index in [-0.39, 0.29) is 12.8 Å². The monoisotopic (exact) mass is 360 g/mol. The molecule has 0 aliphatic heterocycles. The Morgan fingerprint density at radius 1 is 0.667 bits per heavy atom. The first kappa shape index (κ1) is 18.4. The lowest BCUT2D eigenvalue weighted by Crippen LogP contribution is -2.35. The zero-order chi connectivity index (χ0) is 19.1. The Hall–Kier alpha value is -3.40. The third-order valence-electron chi connectivity index (χ3n) is 4.35. The van der Waals surface area contributed by atoms with Gasteiger partial charge in [-0.1, -0.05) is 91.0 Å². The van der Waals surface area contributed by atoms with Crippen LogP contribution in [0.3, 0.4) is 0 Å². The van der Waals surface area contributed by atoms with Gasteiger partial charge < -0.3 is 9.84 Å². The quantitative estimate of drug-likeness (QED) is 0.501. The van der Waals surface area contributed by atoms with E-state index in [0.29, 0.717) is 0 Å². The van der Waals surface area contributed by atoms with Crippen molar-refractivity contribution in [2.45, 2.75) is 18.4 Å². The highest BCUT2D eigenvalue weighted by Crippen LogP contribution is 2.40. The Morgan fingerprint density at radius 2 is 1.04 bits per heavy atom. The van der Waals surface area contributed by atoms with Crippen LogP contribution in [-0.4, -0.2) is 17.0 Å². The second-order valence-corrected chi connectivity index (χ2v) is 6.15. The molecule has 3 rings (SSSR count). The minimum absolute atomic E-state index is 0.191. The molecule has 0 heterocycles. The molecule has 0 unspecified atom stereocenters. The van der Waals surface area contributed by atoms with Gasteiger partial charge in [-0.25, -0.2) is 0 Å². The highest BCUT2D eigenvalue weighted by molar-refractivity contribution is 5.77. The van der Waals surface area contributed by atoms with Gasteiger partial charge in [-0.3, -0.25) is 9.59 Å². The zero-order valence-corrected chi connectivity index (χ0v) is 14.7. The first-order chi connectivity index (χ1) is 13.1. The third-order valence-corrected chi connectivity index (χ3v) is 4.35. The molecule has 4 heteroatoms. The van der Waals surface area contributed by atoms with Gasteiger partial charge in [-0.2, -0.15) is 0 Å². The zero-order valence-electron chi connectivity index (χ0n) is 14.7. The number of hydrogen-bond donors (Lipinski definition) is 1. The molecule has 0 saturated heterocycles. The number of carboxylic acid groups (broad SMARTS) is 1. The standard InChI is InChI=1S/C23H20O4/c24-21(25)16-17-22(26)27-23(18-10-4-1-5-11-18,19-12-6-2-7-13-19)20-14-8-3-9-15-20/h1-15H,16-17H2,(H,24,25). The van der Waals surface area contributed by atoms with Gasteiger partial charge in [0.15, 0.2) is 5.60 Å². The van der Waals surface area contributed by atoms with Gasteiger partial charge in [0.25, 0.3) is 0 Å². The smallest absolute Gasteiger partial charge is 0.307 e. The van der Waals surface area contributed by atoms with E-state index in [1.54, 1.807) is 0 Å². The Kier molecular flexibility index (Phi) is 5.67. The number of aliphatic carboxylic acids is 1. The van der Waals surface area contributed by atoms with Gasteiger partial charge in [-0.05, 0) is 0 Å². The summed E-state index contributed by atoms with van der Waals surface area (Å²) in [5.74, 6) is -1.59. The predicted molar refractivity (Wildman–Crippen MR) is 102 cm³/mol. The molecule has 0 spiro atoms. The van der Waals surface area contributed by atoms with Crippen molar-refractivity contribution in [3.05, 3.63) is 108 Å². The highest BCUT2D eigenvalue weighted by atomic mass is 16.6. The van der Waals surface area contributed by atoms with Crippen LogP contribution >= 0.6 is 0 Å². The molecule has 3 aromatic carbocycles. The molecule has 4 nitrogen and oxygen atoms in total. The van der Waals surface area contributed by atoms with E-state index in [1.165, 1.54) is 0 Å². The van der Waals surface area contributed by atoms with Crippen LogP contribution < -0.4 is 0 Å². The van der Waals surface area contributed by atoms with Gasteiger partial charge >= 0.3 is 11.9 Å². The maximum Gasteiger partial charge on any atom is 0.307 e. The van der Waals surface area contributed by atoms with Crippen molar-refractivity contribution in [2.75, 3.05) is 0 Å². The Balaban J connectivity index is 2.17. The molecule has 1 N–H and O–H groups in total. The molecular formula is C23H20O4. The summed E-state index contributed by atoms with van der Waals surface area (Å²) in [7, 11) is 0. The molecule has 0 atom stereocenters. The van der Waals surface area contributed by atoms with E-state index in [1.807, 2.05) is 91.0 Å². The second kappa shape index (κ2) is 8.32. The van der Waals surface area contributed by atoms with E-state index in [0.717, 1.165) is 16.7 Å². The van der Waals surface area contributed by atoms with E-state index >= 15 is 0 Å². The molecule has 0 amide bonds. The fourth-order valence-electron chi connectivity index (χ4n) is 3.13. The summed E-state index contributed by atoms with van der Waals surface area (Å²) in [5, 5.41) is 8.90.